The van der Waals surface area contributed by atoms with E-state index in [-0.39, 0.29) is 17.8 Å². The summed E-state index contributed by atoms with van der Waals surface area (Å²) in [6.45, 7) is 0. The second kappa shape index (κ2) is 3.85. The monoisotopic (exact) mass is 232 g/mol. The van der Waals surface area contributed by atoms with E-state index in [0.29, 0.717) is 0 Å². The summed E-state index contributed by atoms with van der Waals surface area (Å²) in [5, 5.41) is 12.4. The summed E-state index contributed by atoms with van der Waals surface area (Å²) in [6.07, 6.45) is 6.48. The van der Waals surface area contributed by atoms with Crippen LogP contribution < -0.4 is 5.06 Å². The van der Waals surface area contributed by atoms with Crippen molar-refractivity contribution in [2.24, 2.45) is 0 Å². The lowest BCUT2D eigenvalue weighted by molar-refractivity contribution is -0.384. The predicted molar refractivity (Wildman–Crippen MR) is 62.6 cm³/mol. The average molecular weight is 232 g/mol. The molecule has 2 aliphatic heterocycles. The van der Waals surface area contributed by atoms with Gasteiger partial charge in [0.25, 0.3) is 5.69 Å². The van der Waals surface area contributed by atoms with Crippen LogP contribution in [0, 0.1) is 10.1 Å². The number of rotatable bonds is 2. The molecule has 0 saturated carbocycles. The quantitative estimate of drug-likeness (QED) is 0.446. The molecule has 1 fully saturated rings. The maximum absolute atomic E-state index is 10.6. The number of nitro groups is 1. The first-order chi connectivity index (χ1) is 8.24. The molecule has 2 atom stereocenters. The molecule has 2 heterocycles. The fourth-order valence-corrected chi connectivity index (χ4v) is 2.26. The molecule has 0 aromatic heterocycles. The lowest BCUT2D eigenvalue weighted by Crippen LogP contribution is -2.45. The molecule has 0 radical (unpaired) electrons. The lowest BCUT2D eigenvalue weighted by atomic mass is 9.98. The molecule has 3 aliphatic rings. The molecule has 0 N–H and O–H groups in total. The number of benzene rings is 1. The number of anilines is 1. The molecule has 1 saturated heterocycles. The maximum Gasteiger partial charge on any atom is 0.269 e. The number of hydrogen-bond donors (Lipinski definition) is 0. The Morgan fingerprint density at radius 3 is 2.47 bits per heavy atom. The van der Waals surface area contributed by atoms with Gasteiger partial charge in [0, 0.05) is 12.1 Å². The molecular formula is C12H12N2O3. The third kappa shape index (κ3) is 1.78. The molecular weight excluding hydrogens is 220 g/mol. The minimum atomic E-state index is -0.396. The Bertz CT molecular complexity index is 469. The van der Waals surface area contributed by atoms with E-state index in [0.717, 1.165) is 18.5 Å². The SMILES string of the molecule is O=[N+]([O-])c1ccc(N2O[C@H]3C=C[C@@H]2CC3)cc1. The molecule has 5 heteroatoms. The highest BCUT2D eigenvalue weighted by Crippen LogP contribution is 2.32. The Kier molecular flexibility index (Phi) is 2.33. The van der Waals surface area contributed by atoms with Gasteiger partial charge in [-0.15, -0.1) is 0 Å². The van der Waals surface area contributed by atoms with Crippen LogP contribution in [0.5, 0.6) is 0 Å². The maximum atomic E-state index is 10.6. The van der Waals surface area contributed by atoms with Crippen LogP contribution in [0.4, 0.5) is 11.4 Å². The van der Waals surface area contributed by atoms with Crippen molar-refractivity contribution >= 4 is 11.4 Å². The molecule has 0 spiro atoms. The fraction of sp³-hybridized carbons (Fsp3) is 0.333. The first-order valence-corrected chi connectivity index (χ1v) is 5.63. The van der Waals surface area contributed by atoms with Crippen molar-refractivity contribution in [2.45, 2.75) is 25.0 Å². The molecule has 0 amide bonds. The zero-order valence-electron chi connectivity index (χ0n) is 9.15. The second-order valence-electron chi connectivity index (χ2n) is 4.27. The first-order valence-electron chi connectivity index (χ1n) is 5.63. The Labute approximate surface area is 98.4 Å². The number of hydroxylamine groups is 1. The summed E-state index contributed by atoms with van der Waals surface area (Å²) in [6, 6.07) is 6.72. The van der Waals surface area contributed by atoms with Gasteiger partial charge < -0.3 is 0 Å². The van der Waals surface area contributed by atoms with E-state index in [1.807, 2.05) is 5.06 Å². The predicted octanol–water partition coefficient (Wildman–Crippen LogP) is 2.43. The Hall–Kier alpha value is -1.88. The number of hydrogen-bond acceptors (Lipinski definition) is 4. The number of non-ortho nitro benzene ring substituents is 1. The van der Waals surface area contributed by atoms with E-state index in [4.69, 9.17) is 4.84 Å². The largest absolute Gasteiger partial charge is 0.269 e. The van der Waals surface area contributed by atoms with Gasteiger partial charge in [-0.2, -0.15) is 0 Å². The van der Waals surface area contributed by atoms with Crippen LogP contribution in [0.15, 0.2) is 36.4 Å². The third-order valence-electron chi connectivity index (χ3n) is 3.16. The standard InChI is InChI=1S/C12H12N2O3/c15-14(16)11-3-1-9(2-4-11)13-10-5-7-12(17-13)8-6-10/h1-5,7,10,12H,6,8H2/t10-,12+/m1/s1. The van der Waals surface area contributed by atoms with Gasteiger partial charge in [0.15, 0.2) is 0 Å². The van der Waals surface area contributed by atoms with Crippen molar-refractivity contribution in [2.75, 3.05) is 5.06 Å². The number of fused-ring (bicyclic) bond motifs is 2. The van der Waals surface area contributed by atoms with Gasteiger partial charge in [-0.05, 0) is 25.0 Å². The van der Waals surface area contributed by atoms with E-state index in [1.54, 1.807) is 12.1 Å². The highest BCUT2D eigenvalue weighted by Gasteiger charge is 2.31. The zero-order chi connectivity index (χ0) is 11.8. The van der Waals surface area contributed by atoms with Gasteiger partial charge in [-0.1, -0.05) is 12.2 Å². The normalized spacial score (nSPS) is 26.2. The Balaban J connectivity index is 1.85. The van der Waals surface area contributed by atoms with Crippen LogP contribution >= 0.6 is 0 Å². The average Bonchev–Trinajstić information content (AvgIpc) is 2.40. The van der Waals surface area contributed by atoms with E-state index >= 15 is 0 Å². The van der Waals surface area contributed by atoms with Gasteiger partial charge in [0.05, 0.1) is 16.7 Å². The van der Waals surface area contributed by atoms with Gasteiger partial charge in [0.1, 0.15) is 6.10 Å². The van der Waals surface area contributed by atoms with Crippen molar-refractivity contribution in [3.05, 3.63) is 46.5 Å². The Morgan fingerprint density at radius 1 is 1.24 bits per heavy atom. The van der Waals surface area contributed by atoms with Crippen LogP contribution in [-0.2, 0) is 4.84 Å². The molecule has 2 bridgehead atoms. The molecule has 1 aromatic rings. The molecule has 88 valence electrons. The first kappa shape index (κ1) is 10.3. The van der Waals surface area contributed by atoms with Crippen LogP contribution in [0.2, 0.25) is 0 Å². The zero-order valence-corrected chi connectivity index (χ0v) is 9.15. The van der Waals surface area contributed by atoms with Crippen LogP contribution in [0.25, 0.3) is 0 Å². The van der Waals surface area contributed by atoms with Gasteiger partial charge >= 0.3 is 0 Å². The molecule has 1 aliphatic carbocycles. The van der Waals surface area contributed by atoms with Gasteiger partial charge in [-0.25, -0.2) is 5.06 Å². The summed E-state index contributed by atoms with van der Waals surface area (Å²) in [7, 11) is 0. The summed E-state index contributed by atoms with van der Waals surface area (Å²) in [4.78, 5) is 15.9. The smallest absolute Gasteiger partial charge is 0.265 e. The number of nitrogens with zero attached hydrogens (tertiary/aromatic N) is 2. The summed E-state index contributed by atoms with van der Waals surface area (Å²) in [5.74, 6) is 0. The minimum Gasteiger partial charge on any atom is -0.265 e. The summed E-state index contributed by atoms with van der Waals surface area (Å²) in [5.41, 5.74) is 0.973. The van der Waals surface area contributed by atoms with E-state index in [9.17, 15) is 10.1 Å². The molecule has 4 rings (SSSR count). The van der Waals surface area contributed by atoms with Gasteiger partial charge in [0.2, 0.25) is 0 Å². The fourth-order valence-electron chi connectivity index (χ4n) is 2.26. The van der Waals surface area contributed by atoms with E-state index in [2.05, 4.69) is 12.2 Å². The highest BCUT2D eigenvalue weighted by molar-refractivity contribution is 5.51. The van der Waals surface area contributed by atoms with Crippen molar-refractivity contribution in [3.63, 3.8) is 0 Å². The second-order valence-corrected chi connectivity index (χ2v) is 4.27. The summed E-state index contributed by atoms with van der Waals surface area (Å²) < 4.78 is 0. The lowest BCUT2D eigenvalue weighted by Gasteiger charge is -2.41. The Morgan fingerprint density at radius 2 is 2.00 bits per heavy atom. The highest BCUT2D eigenvalue weighted by atomic mass is 16.7. The van der Waals surface area contributed by atoms with Crippen molar-refractivity contribution in [3.8, 4) is 0 Å². The van der Waals surface area contributed by atoms with E-state index < -0.39 is 4.92 Å². The van der Waals surface area contributed by atoms with E-state index in [1.165, 1.54) is 12.1 Å². The van der Waals surface area contributed by atoms with Crippen LogP contribution in [-0.4, -0.2) is 17.1 Å². The van der Waals surface area contributed by atoms with Crippen molar-refractivity contribution in [1.29, 1.82) is 0 Å². The van der Waals surface area contributed by atoms with Crippen LogP contribution in [0.3, 0.4) is 0 Å². The van der Waals surface area contributed by atoms with Crippen molar-refractivity contribution in [1.82, 2.24) is 0 Å². The topological polar surface area (TPSA) is 55.6 Å². The summed E-state index contributed by atoms with van der Waals surface area (Å²) >= 11 is 0. The van der Waals surface area contributed by atoms with Crippen LogP contribution in [0.1, 0.15) is 12.8 Å². The van der Waals surface area contributed by atoms with Crippen molar-refractivity contribution < 1.29 is 9.76 Å². The molecule has 1 aromatic carbocycles. The molecule has 0 unspecified atom stereocenters. The third-order valence-corrected chi connectivity index (χ3v) is 3.16. The number of nitro benzene ring substituents is 1. The molecule has 5 nitrogen and oxygen atoms in total. The molecule has 17 heavy (non-hydrogen) atoms. The van der Waals surface area contributed by atoms with Gasteiger partial charge in [-0.3, -0.25) is 15.0 Å². The minimum absolute atomic E-state index is 0.103.